The van der Waals surface area contributed by atoms with Gasteiger partial charge in [-0.1, -0.05) is 0 Å². The van der Waals surface area contributed by atoms with Crippen molar-refractivity contribution in [3.63, 3.8) is 0 Å². The minimum atomic E-state index is -5.60. The molecule has 0 fully saturated rings. The van der Waals surface area contributed by atoms with Crippen molar-refractivity contribution in [2.45, 2.75) is 12.1 Å². The molecule has 0 saturated heterocycles. The van der Waals surface area contributed by atoms with E-state index >= 15 is 0 Å². The molecular weight excluding hydrogens is 157 g/mol. The second-order valence-electron chi connectivity index (χ2n) is 1.52. The molecular formula is C4H2F5N. The van der Waals surface area contributed by atoms with Crippen molar-refractivity contribution < 1.29 is 22.0 Å². The second-order valence-corrected chi connectivity index (χ2v) is 1.52. The molecule has 0 unspecified atom stereocenters. The molecule has 0 radical (unpaired) electrons. The molecule has 0 aliphatic heterocycles. The zero-order valence-corrected chi connectivity index (χ0v) is 4.54. The van der Waals surface area contributed by atoms with Crippen molar-refractivity contribution >= 4 is 0 Å². The van der Waals surface area contributed by atoms with Crippen LogP contribution in [0.5, 0.6) is 0 Å². The van der Waals surface area contributed by atoms with E-state index in [1.54, 1.807) is 0 Å². The first kappa shape index (κ1) is 9.14. The Hall–Kier alpha value is -0.860. The zero-order chi connectivity index (χ0) is 8.41. The molecule has 0 saturated carbocycles. The Labute approximate surface area is 53.3 Å². The maximum atomic E-state index is 11.6. The van der Waals surface area contributed by atoms with E-state index in [1.807, 2.05) is 4.85 Å². The highest BCUT2D eigenvalue weighted by atomic mass is 19.4. The average Bonchev–Trinajstić information content (AvgIpc) is 1.61. The molecule has 0 aromatic rings. The lowest BCUT2D eigenvalue weighted by molar-refractivity contribution is -0.274. The monoisotopic (exact) mass is 159 g/mol. The largest absolute Gasteiger partial charge is 0.461 e. The number of hydrogen-bond acceptors (Lipinski definition) is 0. The molecule has 0 aromatic heterocycles. The molecule has 0 bridgehead atoms. The maximum Gasteiger partial charge on any atom is 0.461 e. The molecule has 0 atom stereocenters. The van der Waals surface area contributed by atoms with Crippen LogP contribution < -0.4 is 0 Å². The van der Waals surface area contributed by atoms with Crippen LogP contribution in [0.4, 0.5) is 22.0 Å². The lowest BCUT2D eigenvalue weighted by atomic mass is 10.3. The van der Waals surface area contributed by atoms with Crippen molar-refractivity contribution in [3.8, 4) is 0 Å². The Kier molecular flexibility index (Phi) is 2.20. The van der Waals surface area contributed by atoms with Crippen LogP contribution in [0.2, 0.25) is 0 Å². The SMILES string of the molecule is [C-]#[N+]CC(F)(F)C(F)(F)F. The van der Waals surface area contributed by atoms with E-state index in [4.69, 9.17) is 6.57 Å². The molecule has 0 aliphatic carbocycles. The second kappa shape index (κ2) is 2.40. The quantitative estimate of drug-likeness (QED) is 0.407. The van der Waals surface area contributed by atoms with E-state index in [2.05, 4.69) is 0 Å². The standard InChI is InChI=1S/C4H2F5N/c1-10-2-3(5,6)4(7,8)9/h2H2. The first-order chi connectivity index (χ1) is 4.31. The van der Waals surface area contributed by atoms with Crippen molar-refractivity contribution in [2.24, 2.45) is 0 Å². The molecule has 0 aliphatic rings. The summed E-state index contributed by atoms with van der Waals surface area (Å²) in [6.45, 7) is 3.95. The number of hydrogen-bond donors (Lipinski definition) is 0. The van der Waals surface area contributed by atoms with Crippen LogP contribution in [-0.2, 0) is 0 Å². The minimum absolute atomic E-state index is 1.84. The Morgan fingerprint density at radius 2 is 1.50 bits per heavy atom. The summed E-state index contributed by atoms with van der Waals surface area (Å²) in [4.78, 5) is 1.95. The van der Waals surface area contributed by atoms with Gasteiger partial charge in [0.25, 0.3) is 6.54 Å². The molecule has 0 spiro atoms. The fourth-order valence-corrected chi connectivity index (χ4v) is 0.189. The van der Waals surface area contributed by atoms with Crippen LogP contribution in [-0.4, -0.2) is 18.6 Å². The Bertz CT molecular complexity index is 152. The van der Waals surface area contributed by atoms with Gasteiger partial charge in [0.15, 0.2) is 0 Å². The first-order valence-electron chi connectivity index (χ1n) is 2.09. The van der Waals surface area contributed by atoms with E-state index in [0.29, 0.717) is 0 Å². The number of rotatable bonds is 1. The lowest BCUT2D eigenvalue weighted by Crippen LogP contribution is -2.38. The molecule has 10 heavy (non-hydrogen) atoms. The topological polar surface area (TPSA) is 4.36 Å². The third-order valence-electron chi connectivity index (χ3n) is 0.692. The van der Waals surface area contributed by atoms with Gasteiger partial charge in [0, 0.05) is 0 Å². The van der Waals surface area contributed by atoms with Crippen LogP contribution in [0, 0.1) is 6.57 Å². The van der Waals surface area contributed by atoms with Crippen molar-refractivity contribution in [1.82, 2.24) is 0 Å². The van der Waals surface area contributed by atoms with E-state index in [9.17, 15) is 22.0 Å². The van der Waals surface area contributed by atoms with Gasteiger partial charge in [0.05, 0.1) is 0 Å². The van der Waals surface area contributed by atoms with E-state index in [-0.39, 0.29) is 0 Å². The van der Waals surface area contributed by atoms with Gasteiger partial charge in [-0.2, -0.15) is 22.0 Å². The number of alkyl halides is 5. The highest BCUT2D eigenvalue weighted by Gasteiger charge is 2.60. The summed E-state index contributed by atoms with van der Waals surface area (Å²) < 4.78 is 56.6. The van der Waals surface area contributed by atoms with Gasteiger partial charge in [-0.15, -0.1) is 0 Å². The molecule has 0 rings (SSSR count). The first-order valence-corrected chi connectivity index (χ1v) is 2.09. The van der Waals surface area contributed by atoms with Crippen molar-refractivity contribution in [2.75, 3.05) is 6.54 Å². The van der Waals surface area contributed by atoms with Crippen LogP contribution in [0.1, 0.15) is 0 Å². The van der Waals surface area contributed by atoms with Crippen molar-refractivity contribution in [1.29, 1.82) is 0 Å². The predicted molar refractivity (Wildman–Crippen MR) is 22.5 cm³/mol. The van der Waals surface area contributed by atoms with Crippen LogP contribution >= 0.6 is 0 Å². The normalized spacial score (nSPS) is 12.8. The minimum Gasteiger partial charge on any atom is -0.310 e. The highest BCUT2D eigenvalue weighted by Crippen LogP contribution is 2.35. The molecule has 6 heteroatoms. The summed E-state index contributed by atoms with van der Waals surface area (Å²) in [5.41, 5.74) is 0. The lowest BCUT2D eigenvalue weighted by Gasteiger charge is -2.12. The van der Waals surface area contributed by atoms with Gasteiger partial charge < -0.3 is 4.85 Å². The molecule has 0 amide bonds. The van der Waals surface area contributed by atoms with Gasteiger partial charge in [-0.05, 0) is 0 Å². The number of halogens is 5. The third kappa shape index (κ3) is 1.83. The van der Waals surface area contributed by atoms with E-state index < -0.39 is 18.6 Å². The maximum absolute atomic E-state index is 11.6. The zero-order valence-electron chi connectivity index (χ0n) is 4.54. The number of nitrogens with zero attached hydrogens (tertiary/aromatic N) is 1. The average molecular weight is 159 g/mol. The van der Waals surface area contributed by atoms with E-state index in [1.165, 1.54) is 0 Å². The predicted octanol–water partition coefficient (Wildman–Crippen LogP) is 2.10. The fourth-order valence-electron chi connectivity index (χ4n) is 0.189. The summed E-state index contributed by atoms with van der Waals surface area (Å²) in [5, 5.41) is 0. The van der Waals surface area contributed by atoms with Gasteiger partial charge >= 0.3 is 12.1 Å². The molecule has 58 valence electrons. The smallest absolute Gasteiger partial charge is 0.310 e. The van der Waals surface area contributed by atoms with Gasteiger partial charge in [0.1, 0.15) is 0 Å². The molecule has 0 N–H and O–H groups in total. The summed E-state index contributed by atoms with van der Waals surface area (Å²) in [5.74, 6) is -4.87. The molecule has 0 heterocycles. The Morgan fingerprint density at radius 1 is 1.10 bits per heavy atom. The van der Waals surface area contributed by atoms with Gasteiger partial charge in [0.2, 0.25) is 0 Å². The molecule has 0 aromatic carbocycles. The highest BCUT2D eigenvalue weighted by molar-refractivity contribution is 4.83. The Balaban J connectivity index is 4.28. The van der Waals surface area contributed by atoms with Gasteiger partial charge in [-0.3, -0.25) is 0 Å². The third-order valence-corrected chi connectivity index (χ3v) is 0.692. The van der Waals surface area contributed by atoms with E-state index in [0.717, 1.165) is 0 Å². The summed E-state index contributed by atoms with van der Waals surface area (Å²) in [6.07, 6.45) is -5.60. The Morgan fingerprint density at radius 3 is 1.60 bits per heavy atom. The summed E-state index contributed by atoms with van der Waals surface area (Å²) in [7, 11) is 0. The summed E-state index contributed by atoms with van der Waals surface area (Å²) in [6, 6.07) is 0. The van der Waals surface area contributed by atoms with Crippen LogP contribution in [0.15, 0.2) is 0 Å². The fraction of sp³-hybridized carbons (Fsp3) is 0.750. The van der Waals surface area contributed by atoms with Crippen LogP contribution in [0.3, 0.4) is 0 Å². The van der Waals surface area contributed by atoms with Crippen molar-refractivity contribution in [3.05, 3.63) is 11.4 Å². The van der Waals surface area contributed by atoms with Crippen LogP contribution in [0.25, 0.3) is 4.85 Å². The molecule has 1 nitrogen and oxygen atoms in total. The summed E-state index contributed by atoms with van der Waals surface area (Å²) >= 11 is 0. The van der Waals surface area contributed by atoms with Gasteiger partial charge in [-0.25, -0.2) is 6.57 Å².